The summed E-state index contributed by atoms with van der Waals surface area (Å²) in [6.45, 7) is 5.86. The molecule has 1 aromatic heterocycles. The maximum Gasteiger partial charge on any atom is 0.339 e. The normalized spacial score (nSPS) is 11.2. The molecule has 0 bridgehead atoms. The van der Waals surface area contributed by atoms with Gasteiger partial charge < -0.3 is 5.11 Å². The van der Waals surface area contributed by atoms with Crippen molar-refractivity contribution in [1.29, 1.82) is 0 Å². The van der Waals surface area contributed by atoms with Gasteiger partial charge in [0.1, 0.15) is 10.7 Å². The summed E-state index contributed by atoms with van der Waals surface area (Å²) in [7, 11) is 0. The lowest BCUT2D eigenvalue weighted by molar-refractivity contribution is 0.0695. The number of halogens is 1. The first kappa shape index (κ1) is 12.8. The standard InChI is InChI=1S/C14H14ClNO2/c1-7(2)10-9-6-4-5-8(3)12(9)16-13(15)11(10)14(17)18/h4-7H,1-3H3,(H,17,18). The monoisotopic (exact) mass is 263 g/mol. The van der Waals surface area contributed by atoms with Crippen molar-refractivity contribution in [3.63, 3.8) is 0 Å². The van der Waals surface area contributed by atoms with E-state index in [0.717, 1.165) is 22.0 Å². The SMILES string of the molecule is Cc1cccc2c(C(C)C)c(C(=O)O)c(Cl)nc12. The smallest absolute Gasteiger partial charge is 0.339 e. The van der Waals surface area contributed by atoms with Crippen molar-refractivity contribution < 1.29 is 9.90 Å². The lowest BCUT2D eigenvalue weighted by Gasteiger charge is -2.15. The third-order valence-corrected chi connectivity index (χ3v) is 3.28. The second kappa shape index (κ2) is 4.58. The zero-order chi connectivity index (χ0) is 13.4. The van der Waals surface area contributed by atoms with Gasteiger partial charge in [-0.3, -0.25) is 0 Å². The number of pyridine rings is 1. The highest BCUT2D eigenvalue weighted by Gasteiger charge is 2.21. The molecule has 1 N–H and O–H groups in total. The summed E-state index contributed by atoms with van der Waals surface area (Å²) in [5, 5.41) is 10.2. The molecule has 2 aromatic rings. The Morgan fingerprint density at radius 1 is 1.39 bits per heavy atom. The van der Waals surface area contributed by atoms with E-state index in [1.54, 1.807) is 0 Å². The fourth-order valence-corrected chi connectivity index (χ4v) is 2.49. The van der Waals surface area contributed by atoms with Crippen LogP contribution in [0.5, 0.6) is 0 Å². The topological polar surface area (TPSA) is 50.2 Å². The van der Waals surface area contributed by atoms with E-state index in [1.165, 1.54) is 0 Å². The summed E-state index contributed by atoms with van der Waals surface area (Å²) in [5.74, 6) is -0.958. The van der Waals surface area contributed by atoms with Crippen LogP contribution >= 0.6 is 11.6 Å². The molecule has 3 nitrogen and oxygen atoms in total. The average molecular weight is 264 g/mol. The number of para-hydroxylation sites is 1. The third kappa shape index (κ3) is 1.95. The molecule has 0 fully saturated rings. The van der Waals surface area contributed by atoms with Crippen molar-refractivity contribution in [3.05, 3.63) is 40.0 Å². The Balaban J connectivity index is 2.99. The van der Waals surface area contributed by atoms with Crippen LogP contribution in [0, 0.1) is 6.92 Å². The molecule has 0 unspecified atom stereocenters. The van der Waals surface area contributed by atoms with E-state index >= 15 is 0 Å². The minimum absolute atomic E-state index is 0.0630. The zero-order valence-corrected chi connectivity index (χ0v) is 11.2. The molecular weight excluding hydrogens is 250 g/mol. The van der Waals surface area contributed by atoms with Gasteiger partial charge in [0.2, 0.25) is 0 Å². The molecule has 94 valence electrons. The number of fused-ring (bicyclic) bond motifs is 1. The Morgan fingerprint density at radius 3 is 2.61 bits per heavy atom. The fraction of sp³-hybridized carbons (Fsp3) is 0.286. The maximum atomic E-state index is 11.4. The molecule has 0 saturated carbocycles. The van der Waals surface area contributed by atoms with Crippen molar-refractivity contribution in [2.45, 2.75) is 26.7 Å². The van der Waals surface area contributed by atoms with Gasteiger partial charge in [0, 0.05) is 5.39 Å². The number of benzene rings is 1. The number of carboxylic acid groups (broad SMARTS) is 1. The molecule has 0 saturated heterocycles. The molecule has 0 aliphatic rings. The first-order valence-electron chi connectivity index (χ1n) is 5.75. The van der Waals surface area contributed by atoms with Crippen molar-refractivity contribution >= 4 is 28.5 Å². The van der Waals surface area contributed by atoms with Gasteiger partial charge in [0.25, 0.3) is 0 Å². The lowest BCUT2D eigenvalue weighted by atomic mass is 9.93. The highest BCUT2D eigenvalue weighted by molar-refractivity contribution is 6.33. The van der Waals surface area contributed by atoms with Crippen LogP contribution in [0.15, 0.2) is 18.2 Å². The number of carbonyl (C=O) groups is 1. The highest BCUT2D eigenvalue weighted by atomic mass is 35.5. The van der Waals surface area contributed by atoms with E-state index < -0.39 is 5.97 Å². The Morgan fingerprint density at radius 2 is 2.06 bits per heavy atom. The van der Waals surface area contributed by atoms with E-state index in [9.17, 15) is 9.90 Å². The average Bonchev–Trinajstić information content (AvgIpc) is 2.28. The third-order valence-electron chi connectivity index (χ3n) is 3.00. The summed E-state index contributed by atoms with van der Waals surface area (Å²) >= 11 is 6.03. The molecule has 0 aliphatic carbocycles. The largest absolute Gasteiger partial charge is 0.478 e. The van der Waals surface area contributed by atoms with Crippen molar-refractivity contribution in [2.24, 2.45) is 0 Å². The first-order chi connectivity index (χ1) is 8.43. The molecule has 0 radical (unpaired) electrons. The molecule has 1 aromatic carbocycles. The second-order valence-corrected chi connectivity index (χ2v) is 4.98. The van der Waals surface area contributed by atoms with Gasteiger partial charge in [-0.15, -0.1) is 0 Å². The number of carboxylic acids is 1. The molecule has 0 amide bonds. The van der Waals surface area contributed by atoms with Crippen LogP contribution in [0.1, 0.15) is 41.3 Å². The minimum atomic E-state index is -1.03. The maximum absolute atomic E-state index is 11.4. The Bertz CT molecular complexity index is 635. The summed E-state index contributed by atoms with van der Waals surface area (Å²) in [5.41, 5.74) is 2.63. The van der Waals surface area contributed by atoms with Gasteiger partial charge in [-0.1, -0.05) is 43.6 Å². The zero-order valence-electron chi connectivity index (χ0n) is 10.5. The van der Waals surface area contributed by atoms with Gasteiger partial charge >= 0.3 is 5.97 Å². The van der Waals surface area contributed by atoms with E-state index in [-0.39, 0.29) is 16.6 Å². The van der Waals surface area contributed by atoms with Crippen LogP contribution in [-0.4, -0.2) is 16.1 Å². The highest BCUT2D eigenvalue weighted by Crippen LogP contribution is 2.33. The molecule has 0 spiro atoms. The Hall–Kier alpha value is -1.61. The Kier molecular flexibility index (Phi) is 3.26. The second-order valence-electron chi connectivity index (χ2n) is 4.62. The molecule has 4 heteroatoms. The predicted molar refractivity (Wildman–Crippen MR) is 72.5 cm³/mol. The van der Waals surface area contributed by atoms with Gasteiger partial charge in [-0.2, -0.15) is 0 Å². The number of aryl methyl sites for hydroxylation is 1. The quantitative estimate of drug-likeness (QED) is 0.833. The fourth-order valence-electron chi connectivity index (χ4n) is 2.23. The van der Waals surface area contributed by atoms with Gasteiger partial charge in [-0.25, -0.2) is 9.78 Å². The molecular formula is C14H14ClNO2. The van der Waals surface area contributed by atoms with Crippen molar-refractivity contribution in [1.82, 2.24) is 4.98 Å². The van der Waals surface area contributed by atoms with E-state index in [2.05, 4.69) is 4.98 Å². The van der Waals surface area contributed by atoms with Crippen LogP contribution < -0.4 is 0 Å². The minimum Gasteiger partial charge on any atom is -0.478 e. The van der Waals surface area contributed by atoms with E-state index in [1.807, 2.05) is 39.0 Å². The predicted octanol–water partition coefficient (Wildman–Crippen LogP) is 4.02. The van der Waals surface area contributed by atoms with Crippen LogP contribution in [0.4, 0.5) is 0 Å². The van der Waals surface area contributed by atoms with Crippen molar-refractivity contribution in [2.75, 3.05) is 0 Å². The number of hydrogen-bond donors (Lipinski definition) is 1. The number of hydrogen-bond acceptors (Lipinski definition) is 2. The number of rotatable bonds is 2. The van der Waals surface area contributed by atoms with Crippen LogP contribution in [-0.2, 0) is 0 Å². The van der Waals surface area contributed by atoms with E-state index in [4.69, 9.17) is 11.6 Å². The van der Waals surface area contributed by atoms with Crippen LogP contribution in [0.2, 0.25) is 5.15 Å². The van der Waals surface area contributed by atoms with Crippen molar-refractivity contribution in [3.8, 4) is 0 Å². The van der Waals surface area contributed by atoms with Gasteiger partial charge in [0.05, 0.1) is 5.52 Å². The van der Waals surface area contributed by atoms with Gasteiger partial charge in [0.15, 0.2) is 0 Å². The van der Waals surface area contributed by atoms with E-state index in [0.29, 0.717) is 0 Å². The number of aromatic carboxylic acids is 1. The lowest BCUT2D eigenvalue weighted by Crippen LogP contribution is -2.08. The molecule has 0 aliphatic heterocycles. The van der Waals surface area contributed by atoms with Gasteiger partial charge in [-0.05, 0) is 24.0 Å². The molecule has 1 heterocycles. The number of nitrogens with zero attached hydrogens (tertiary/aromatic N) is 1. The van der Waals surface area contributed by atoms with Crippen LogP contribution in [0.3, 0.4) is 0 Å². The van der Waals surface area contributed by atoms with Crippen LogP contribution in [0.25, 0.3) is 10.9 Å². The number of aromatic nitrogens is 1. The molecule has 18 heavy (non-hydrogen) atoms. The summed E-state index contributed by atoms with van der Waals surface area (Å²) < 4.78 is 0. The summed E-state index contributed by atoms with van der Waals surface area (Å²) in [6.07, 6.45) is 0. The molecule has 0 atom stereocenters. The molecule has 2 rings (SSSR count). The Labute approximate surface area is 110 Å². The summed E-state index contributed by atoms with van der Waals surface area (Å²) in [4.78, 5) is 15.6. The first-order valence-corrected chi connectivity index (χ1v) is 6.13. The summed E-state index contributed by atoms with van der Waals surface area (Å²) in [6, 6.07) is 5.74.